The van der Waals surface area contributed by atoms with Gasteiger partial charge in [0.05, 0.1) is 23.0 Å². The zero-order valence-electron chi connectivity index (χ0n) is 18.5. The predicted molar refractivity (Wildman–Crippen MR) is 149 cm³/mol. The number of hydrogen-bond donors (Lipinski definition) is 2. The number of benzene rings is 3. The van der Waals surface area contributed by atoms with E-state index in [2.05, 4.69) is 36.7 Å². The summed E-state index contributed by atoms with van der Waals surface area (Å²) in [6.07, 6.45) is 0.400. The Balaban J connectivity index is 1.69. The van der Waals surface area contributed by atoms with Crippen LogP contribution in [0.2, 0.25) is 5.02 Å². The normalized spacial score (nSPS) is 11.8. The van der Waals surface area contributed by atoms with Gasteiger partial charge in [-0.15, -0.1) is 0 Å². The second-order valence-corrected chi connectivity index (χ2v) is 10.2. The van der Waals surface area contributed by atoms with Crippen LogP contribution in [0.3, 0.4) is 0 Å². The first-order valence-corrected chi connectivity index (χ1v) is 14.2. The van der Waals surface area contributed by atoms with Crippen LogP contribution < -0.4 is 9.62 Å². The molecule has 1 heterocycles. The maximum absolute atomic E-state index is 13.4. The van der Waals surface area contributed by atoms with Crippen molar-refractivity contribution in [2.45, 2.75) is 17.4 Å². The Hall–Kier alpha value is -2.45. The molecule has 1 aromatic heterocycles. The molecular weight excluding hydrogens is 638 g/mol. The number of nitrogens with zero attached hydrogens (tertiary/aromatic N) is 3. The zero-order valence-corrected chi connectivity index (χ0v) is 23.1. The second kappa shape index (κ2) is 12.2. The van der Waals surface area contributed by atoms with E-state index in [1.54, 1.807) is 18.2 Å². The van der Waals surface area contributed by atoms with Gasteiger partial charge in [0.15, 0.2) is 5.82 Å². The summed E-state index contributed by atoms with van der Waals surface area (Å²) >= 11 is 6.65. The van der Waals surface area contributed by atoms with Gasteiger partial charge < -0.3 is 5.32 Å². The lowest BCUT2D eigenvalue weighted by atomic mass is 10.1. The van der Waals surface area contributed by atoms with Crippen LogP contribution in [0.5, 0.6) is 0 Å². The van der Waals surface area contributed by atoms with Gasteiger partial charge in [-0.05, 0) is 41.0 Å². The monoisotopic (exact) mass is 656 g/mol. The molecule has 3 aromatic carbocycles. The molecule has 0 bridgehead atoms. The minimum Gasteiger partial charge on any atom is -0.348 e. The van der Waals surface area contributed by atoms with Crippen molar-refractivity contribution in [1.82, 2.24) is 14.1 Å². The van der Waals surface area contributed by atoms with Crippen LogP contribution in [0, 0.1) is 5.82 Å². The number of carbonyl (C=O) groups excluding carboxylic acids is 1. The Morgan fingerprint density at radius 2 is 1.89 bits per heavy atom. The number of rotatable bonds is 9. The highest BCUT2D eigenvalue weighted by atomic mass is 127. The first kappa shape index (κ1) is 26.6. The van der Waals surface area contributed by atoms with Gasteiger partial charge in [-0.2, -0.15) is 8.75 Å². The van der Waals surface area contributed by atoms with Crippen molar-refractivity contribution in [3.8, 4) is 0 Å². The van der Waals surface area contributed by atoms with Crippen LogP contribution in [-0.2, 0) is 28.7 Å². The number of halogens is 3. The first-order chi connectivity index (χ1) is 17.4. The van der Waals surface area contributed by atoms with Gasteiger partial charge in [0, 0.05) is 22.4 Å². The lowest BCUT2D eigenvalue weighted by molar-refractivity contribution is 0.0951. The minimum atomic E-state index is -2.54. The van der Waals surface area contributed by atoms with Crippen LogP contribution in [-0.4, -0.2) is 23.4 Å². The molecular formula is C24H19ClFIN4O3S2. The maximum atomic E-state index is 13.4. The SMILES string of the molecule is O=C(NCc1ccc(F)cc1Cl)c1ccc(CI)cc1N(c1nsnc1Cc1ccccc1)S(=O)O. The fourth-order valence-electron chi connectivity index (χ4n) is 3.49. The van der Waals surface area contributed by atoms with Gasteiger partial charge in [0.2, 0.25) is 0 Å². The largest absolute Gasteiger partial charge is 0.348 e. The summed E-state index contributed by atoms with van der Waals surface area (Å²) in [5.74, 6) is -0.768. The number of aromatic nitrogens is 2. The van der Waals surface area contributed by atoms with Crippen molar-refractivity contribution in [1.29, 1.82) is 0 Å². The van der Waals surface area contributed by atoms with E-state index in [0.717, 1.165) is 27.2 Å². The summed E-state index contributed by atoms with van der Waals surface area (Å²) in [5.41, 5.74) is 3.25. The molecule has 12 heteroatoms. The molecule has 0 radical (unpaired) electrons. The van der Waals surface area contributed by atoms with Crippen LogP contribution in [0.4, 0.5) is 15.9 Å². The Bertz CT molecular complexity index is 1410. The highest BCUT2D eigenvalue weighted by Gasteiger charge is 2.27. The molecule has 0 fully saturated rings. The highest BCUT2D eigenvalue weighted by molar-refractivity contribution is 14.1. The van der Waals surface area contributed by atoms with Crippen molar-refractivity contribution in [2.24, 2.45) is 0 Å². The number of amides is 1. The Kier molecular flexibility index (Phi) is 9.01. The van der Waals surface area contributed by atoms with Gasteiger partial charge in [0.25, 0.3) is 17.2 Å². The molecule has 0 saturated carbocycles. The molecule has 0 spiro atoms. The predicted octanol–water partition coefficient (Wildman–Crippen LogP) is 6.06. The number of anilines is 2. The third kappa shape index (κ3) is 6.27. The summed E-state index contributed by atoms with van der Waals surface area (Å²) in [6, 6.07) is 18.5. The van der Waals surface area contributed by atoms with Gasteiger partial charge in [-0.3, -0.25) is 9.35 Å². The molecule has 1 atom stereocenters. The molecule has 7 nitrogen and oxygen atoms in total. The van der Waals surface area contributed by atoms with Crippen molar-refractivity contribution >= 4 is 74.6 Å². The summed E-state index contributed by atoms with van der Waals surface area (Å²) in [4.78, 5) is 13.2. The fraction of sp³-hybridized carbons (Fsp3) is 0.125. The Morgan fingerprint density at radius 3 is 2.58 bits per heavy atom. The molecule has 2 N–H and O–H groups in total. The molecule has 0 aliphatic heterocycles. The topological polar surface area (TPSA) is 95.4 Å². The van der Waals surface area contributed by atoms with E-state index in [9.17, 15) is 17.9 Å². The number of nitrogens with one attached hydrogen (secondary N) is 1. The van der Waals surface area contributed by atoms with E-state index in [1.165, 1.54) is 18.2 Å². The van der Waals surface area contributed by atoms with Crippen LogP contribution >= 0.6 is 45.9 Å². The molecule has 0 aliphatic rings. The molecule has 1 unspecified atom stereocenters. The smallest absolute Gasteiger partial charge is 0.268 e. The van der Waals surface area contributed by atoms with E-state index in [0.29, 0.717) is 22.1 Å². The second-order valence-electron chi connectivity index (χ2n) is 7.63. The molecule has 4 aromatic rings. The van der Waals surface area contributed by atoms with Gasteiger partial charge in [-0.25, -0.2) is 12.9 Å². The van der Waals surface area contributed by atoms with E-state index in [1.807, 2.05) is 30.3 Å². The van der Waals surface area contributed by atoms with Gasteiger partial charge in [-0.1, -0.05) is 76.7 Å². The molecule has 4 rings (SSSR count). The van der Waals surface area contributed by atoms with Crippen molar-refractivity contribution in [2.75, 3.05) is 4.31 Å². The molecule has 36 heavy (non-hydrogen) atoms. The molecule has 0 aliphatic carbocycles. The Labute approximate surface area is 232 Å². The van der Waals surface area contributed by atoms with Crippen LogP contribution in [0.1, 0.15) is 32.7 Å². The molecule has 0 saturated heterocycles. The summed E-state index contributed by atoms with van der Waals surface area (Å²) in [5, 5.41) is 2.95. The lowest BCUT2D eigenvalue weighted by Crippen LogP contribution is -2.28. The summed E-state index contributed by atoms with van der Waals surface area (Å²) < 4.78 is 46.7. The molecule has 1 amide bonds. The third-order valence-corrected chi connectivity index (χ3v) is 7.71. The lowest BCUT2D eigenvalue weighted by Gasteiger charge is -2.22. The average Bonchev–Trinajstić information content (AvgIpc) is 3.31. The van der Waals surface area contributed by atoms with E-state index in [4.69, 9.17) is 11.6 Å². The van der Waals surface area contributed by atoms with Crippen molar-refractivity contribution < 1.29 is 17.9 Å². The van der Waals surface area contributed by atoms with E-state index >= 15 is 0 Å². The van der Waals surface area contributed by atoms with Crippen LogP contribution in [0.25, 0.3) is 0 Å². The standard InChI is InChI=1S/C24H19ClFIN4O3S2/c25-20-12-18(26)8-7-17(20)14-28-24(32)19-9-6-16(13-27)11-22(19)31(36(33)34)23-21(29-35-30-23)10-15-4-2-1-3-5-15/h1-9,11-12H,10,13-14H2,(H,28,32)(H,33,34). The summed E-state index contributed by atoms with van der Waals surface area (Å²) in [7, 11) is 0. The number of alkyl halides is 1. The van der Waals surface area contributed by atoms with E-state index in [-0.39, 0.29) is 28.6 Å². The highest BCUT2D eigenvalue weighted by Crippen LogP contribution is 2.34. The van der Waals surface area contributed by atoms with Gasteiger partial charge in [0.1, 0.15) is 11.5 Å². The average molecular weight is 657 g/mol. The minimum absolute atomic E-state index is 0.0468. The quantitative estimate of drug-likeness (QED) is 0.130. The Morgan fingerprint density at radius 1 is 1.11 bits per heavy atom. The number of carbonyl (C=O) groups is 1. The third-order valence-electron chi connectivity index (χ3n) is 5.23. The fourth-order valence-corrected chi connectivity index (χ4v) is 5.41. The zero-order chi connectivity index (χ0) is 25.7. The van der Waals surface area contributed by atoms with Gasteiger partial charge >= 0.3 is 0 Å². The molecule has 186 valence electrons. The summed E-state index contributed by atoms with van der Waals surface area (Å²) in [6.45, 7) is 0.0468. The van der Waals surface area contributed by atoms with Crippen LogP contribution in [0.15, 0.2) is 66.7 Å². The maximum Gasteiger partial charge on any atom is 0.268 e. The van der Waals surface area contributed by atoms with Crippen molar-refractivity contribution in [3.05, 3.63) is 106 Å². The number of hydrogen-bond acceptors (Lipinski definition) is 5. The first-order valence-electron chi connectivity index (χ1n) is 10.5. The van der Waals surface area contributed by atoms with E-state index < -0.39 is 23.0 Å². The van der Waals surface area contributed by atoms with Crippen molar-refractivity contribution in [3.63, 3.8) is 0 Å².